The molecule has 2 N–H and O–H groups in total. The van der Waals surface area contributed by atoms with E-state index in [4.69, 9.17) is 9.72 Å². The lowest BCUT2D eigenvalue weighted by Gasteiger charge is -2.28. The van der Waals surface area contributed by atoms with Crippen LogP contribution in [-0.2, 0) is 17.6 Å². The van der Waals surface area contributed by atoms with Gasteiger partial charge in [0.15, 0.2) is 5.82 Å². The Morgan fingerprint density at radius 1 is 1.39 bits per heavy atom. The van der Waals surface area contributed by atoms with Gasteiger partial charge >= 0.3 is 0 Å². The minimum atomic E-state index is 0.0524. The molecule has 0 unspecified atom stereocenters. The SMILES string of the molecule is C[C@@H]1CCc2c(sc3nc([C@H](C)[NH+]4CCOCC4)[nH]c(=O)c23)C1. The molecule has 1 fully saturated rings. The minimum absolute atomic E-state index is 0.0524. The van der Waals surface area contributed by atoms with Crippen LogP contribution in [0.3, 0.4) is 0 Å². The van der Waals surface area contributed by atoms with Gasteiger partial charge in [-0.05, 0) is 37.7 Å². The Kier molecular flexibility index (Phi) is 3.99. The van der Waals surface area contributed by atoms with Crippen molar-refractivity contribution in [3.63, 3.8) is 0 Å². The van der Waals surface area contributed by atoms with Crippen LogP contribution in [0.1, 0.15) is 42.6 Å². The highest BCUT2D eigenvalue weighted by Gasteiger charge is 2.27. The second-order valence-electron chi connectivity index (χ2n) is 6.98. The molecule has 4 rings (SSSR count). The number of hydrogen-bond acceptors (Lipinski definition) is 4. The third-order valence-electron chi connectivity index (χ3n) is 5.34. The van der Waals surface area contributed by atoms with Gasteiger partial charge in [-0.25, -0.2) is 4.98 Å². The Morgan fingerprint density at radius 2 is 2.17 bits per heavy atom. The molecule has 2 aliphatic rings. The van der Waals surface area contributed by atoms with Crippen LogP contribution in [0.5, 0.6) is 0 Å². The fourth-order valence-electron chi connectivity index (χ4n) is 3.83. The Morgan fingerprint density at radius 3 is 2.96 bits per heavy atom. The summed E-state index contributed by atoms with van der Waals surface area (Å²) in [4.78, 5) is 24.3. The van der Waals surface area contributed by atoms with Crippen molar-refractivity contribution >= 4 is 21.6 Å². The summed E-state index contributed by atoms with van der Waals surface area (Å²) in [6, 6.07) is 0.203. The zero-order valence-electron chi connectivity index (χ0n) is 13.8. The van der Waals surface area contributed by atoms with Gasteiger partial charge in [-0.1, -0.05) is 6.92 Å². The minimum Gasteiger partial charge on any atom is -0.370 e. The molecule has 0 spiro atoms. The summed E-state index contributed by atoms with van der Waals surface area (Å²) in [6.45, 7) is 7.97. The molecular weight excluding hydrogens is 310 g/mol. The maximum atomic E-state index is 12.7. The number of H-pyrrole nitrogens is 1. The van der Waals surface area contributed by atoms with Gasteiger partial charge in [-0.2, -0.15) is 0 Å². The number of nitrogens with zero attached hydrogens (tertiary/aromatic N) is 1. The van der Waals surface area contributed by atoms with E-state index >= 15 is 0 Å². The quantitative estimate of drug-likeness (QED) is 0.864. The summed E-state index contributed by atoms with van der Waals surface area (Å²) in [5, 5.41) is 0.852. The molecule has 124 valence electrons. The van der Waals surface area contributed by atoms with E-state index in [1.807, 2.05) is 0 Å². The van der Waals surface area contributed by atoms with Crippen molar-refractivity contribution in [2.75, 3.05) is 26.3 Å². The third kappa shape index (κ3) is 2.73. The molecule has 2 aromatic rings. The van der Waals surface area contributed by atoms with Crippen LogP contribution in [-0.4, -0.2) is 36.3 Å². The topological polar surface area (TPSA) is 59.4 Å². The highest BCUT2D eigenvalue weighted by Crippen LogP contribution is 2.35. The van der Waals surface area contributed by atoms with Crippen molar-refractivity contribution in [1.82, 2.24) is 9.97 Å². The fraction of sp³-hybridized carbons (Fsp3) is 0.647. The van der Waals surface area contributed by atoms with Gasteiger partial charge in [-0.3, -0.25) is 4.79 Å². The molecule has 3 heterocycles. The summed E-state index contributed by atoms with van der Waals surface area (Å²) >= 11 is 1.73. The summed E-state index contributed by atoms with van der Waals surface area (Å²) in [6.07, 6.45) is 3.29. The molecule has 2 aromatic heterocycles. The molecule has 0 bridgehead atoms. The van der Waals surface area contributed by atoms with E-state index < -0.39 is 0 Å². The maximum Gasteiger partial charge on any atom is 0.260 e. The first-order chi connectivity index (χ1) is 11.1. The van der Waals surface area contributed by atoms with E-state index in [2.05, 4.69) is 18.8 Å². The van der Waals surface area contributed by atoms with E-state index in [1.54, 1.807) is 11.3 Å². The summed E-state index contributed by atoms with van der Waals surface area (Å²) < 4.78 is 5.43. The monoisotopic (exact) mass is 334 g/mol. The van der Waals surface area contributed by atoms with Crippen molar-refractivity contribution in [3.05, 3.63) is 26.6 Å². The molecule has 0 aromatic carbocycles. The van der Waals surface area contributed by atoms with Crippen LogP contribution in [0.25, 0.3) is 10.2 Å². The van der Waals surface area contributed by atoms with E-state index in [9.17, 15) is 4.79 Å². The standard InChI is InChI=1S/C17H23N3O2S/c1-10-3-4-12-13(9-10)23-17-14(12)16(21)18-15(19-17)11(2)20-5-7-22-8-6-20/h10-11H,3-9H2,1-2H3,(H,18,19,21)/p+1/t10-,11+/m1/s1. The molecule has 0 amide bonds. The molecule has 1 aliphatic carbocycles. The van der Waals surface area contributed by atoms with E-state index in [0.717, 1.165) is 55.2 Å². The third-order valence-corrected chi connectivity index (χ3v) is 6.49. The largest absolute Gasteiger partial charge is 0.370 e. The smallest absolute Gasteiger partial charge is 0.260 e. The maximum absolute atomic E-state index is 12.7. The summed E-state index contributed by atoms with van der Waals surface area (Å²) in [5.41, 5.74) is 1.31. The first-order valence-corrected chi connectivity index (χ1v) is 9.42. The highest BCUT2D eigenvalue weighted by atomic mass is 32.1. The van der Waals surface area contributed by atoms with Crippen LogP contribution in [0.15, 0.2) is 4.79 Å². The van der Waals surface area contributed by atoms with Crippen molar-refractivity contribution < 1.29 is 9.64 Å². The molecule has 6 heteroatoms. The number of aromatic nitrogens is 2. The van der Waals surface area contributed by atoms with Crippen molar-refractivity contribution in [2.24, 2.45) is 5.92 Å². The van der Waals surface area contributed by atoms with Gasteiger partial charge < -0.3 is 14.6 Å². The number of nitrogens with one attached hydrogen (secondary N) is 2. The lowest BCUT2D eigenvalue weighted by molar-refractivity contribution is -0.937. The first kappa shape index (κ1) is 15.3. The molecule has 2 atom stereocenters. The van der Waals surface area contributed by atoms with E-state index in [-0.39, 0.29) is 11.6 Å². The number of hydrogen-bond donors (Lipinski definition) is 2. The predicted molar refractivity (Wildman–Crippen MR) is 91.4 cm³/mol. The normalized spacial score (nSPS) is 23.8. The average molecular weight is 334 g/mol. The average Bonchev–Trinajstić information content (AvgIpc) is 2.92. The number of morpholine rings is 1. The predicted octanol–water partition coefficient (Wildman–Crippen LogP) is 1.09. The molecule has 0 radical (unpaired) electrons. The number of thiophene rings is 1. The Balaban J connectivity index is 1.74. The zero-order valence-corrected chi connectivity index (χ0v) is 14.6. The van der Waals surface area contributed by atoms with Crippen molar-refractivity contribution in [1.29, 1.82) is 0 Å². The van der Waals surface area contributed by atoms with Crippen LogP contribution in [0.4, 0.5) is 0 Å². The van der Waals surface area contributed by atoms with Gasteiger partial charge in [0.05, 0.1) is 18.6 Å². The summed E-state index contributed by atoms with van der Waals surface area (Å²) in [5.74, 6) is 1.54. The van der Waals surface area contributed by atoms with Crippen molar-refractivity contribution in [3.8, 4) is 0 Å². The molecule has 0 saturated carbocycles. The number of aromatic amines is 1. The molecule has 23 heavy (non-hydrogen) atoms. The number of ether oxygens (including phenoxy) is 1. The Hall–Kier alpha value is -1.24. The first-order valence-electron chi connectivity index (χ1n) is 8.60. The number of quaternary nitrogens is 1. The van der Waals surface area contributed by atoms with E-state index in [1.165, 1.54) is 21.8 Å². The van der Waals surface area contributed by atoms with E-state index in [0.29, 0.717) is 5.92 Å². The second-order valence-corrected chi connectivity index (χ2v) is 8.06. The number of fused-ring (bicyclic) bond motifs is 3. The second kappa shape index (κ2) is 6.00. The lowest BCUT2D eigenvalue weighted by Crippen LogP contribution is -3.14. The number of aryl methyl sites for hydroxylation is 1. The van der Waals surface area contributed by atoms with Gasteiger partial charge in [0.25, 0.3) is 5.56 Å². The molecule has 1 aliphatic heterocycles. The van der Waals surface area contributed by atoms with Gasteiger partial charge in [0, 0.05) is 4.88 Å². The van der Waals surface area contributed by atoms with Crippen LogP contribution in [0, 0.1) is 5.92 Å². The lowest BCUT2D eigenvalue weighted by atomic mass is 9.89. The highest BCUT2D eigenvalue weighted by molar-refractivity contribution is 7.18. The fourth-order valence-corrected chi connectivity index (χ4v) is 5.22. The summed E-state index contributed by atoms with van der Waals surface area (Å²) in [7, 11) is 0. The Bertz CT molecular complexity index is 776. The molecule has 5 nitrogen and oxygen atoms in total. The van der Waals surface area contributed by atoms with Crippen molar-refractivity contribution in [2.45, 2.75) is 39.2 Å². The van der Waals surface area contributed by atoms with Gasteiger partial charge in [0.1, 0.15) is 24.0 Å². The van der Waals surface area contributed by atoms with Crippen LogP contribution < -0.4 is 10.5 Å². The number of rotatable bonds is 2. The molecule has 1 saturated heterocycles. The van der Waals surface area contributed by atoms with Crippen LogP contribution in [0.2, 0.25) is 0 Å². The van der Waals surface area contributed by atoms with Gasteiger partial charge in [-0.15, -0.1) is 11.3 Å². The van der Waals surface area contributed by atoms with Gasteiger partial charge in [0.2, 0.25) is 0 Å². The Labute approximate surface area is 139 Å². The zero-order chi connectivity index (χ0) is 16.0. The van der Waals surface area contributed by atoms with Crippen LogP contribution >= 0.6 is 11.3 Å². The molecular formula is C17H24N3O2S+.